The van der Waals surface area contributed by atoms with E-state index in [0.717, 1.165) is 35.5 Å². The molecule has 4 rings (SSSR count). The molecule has 1 saturated carbocycles. The van der Waals surface area contributed by atoms with Gasteiger partial charge in [0.15, 0.2) is 0 Å². The number of hydrogen-bond acceptors (Lipinski definition) is 6. The Kier molecular flexibility index (Phi) is 6.47. The van der Waals surface area contributed by atoms with E-state index < -0.39 is 0 Å². The lowest BCUT2D eigenvalue weighted by Crippen LogP contribution is -2.53. The Balaban J connectivity index is 1.48. The molecule has 0 unspecified atom stereocenters. The molecule has 3 aromatic rings. The third-order valence-corrected chi connectivity index (χ3v) is 6.54. The molecule has 10 heteroatoms. The molecule has 4 N–H and O–H groups in total. The van der Waals surface area contributed by atoms with Crippen LogP contribution in [0.25, 0.3) is 10.9 Å². The fourth-order valence-corrected chi connectivity index (χ4v) is 4.34. The quantitative estimate of drug-likeness (QED) is 0.458. The van der Waals surface area contributed by atoms with E-state index in [9.17, 15) is 9.59 Å². The van der Waals surface area contributed by atoms with Crippen LogP contribution in [0.1, 0.15) is 46.7 Å². The summed E-state index contributed by atoms with van der Waals surface area (Å²) in [4.78, 5) is 38.3. The molecule has 31 heavy (non-hydrogen) atoms. The average Bonchev–Trinajstić information content (AvgIpc) is 2.77. The number of nitrogens with one attached hydrogen (secondary N) is 2. The number of amides is 2. The maximum atomic E-state index is 12.9. The first-order valence-electron chi connectivity index (χ1n) is 9.86. The number of halogens is 2. The van der Waals surface area contributed by atoms with Crippen molar-refractivity contribution < 1.29 is 9.59 Å². The Labute approximate surface area is 195 Å². The van der Waals surface area contributed by atoms with Crippen molar-refractivity contribution in [3.05, 3.63) is 57.0 Å². The average molecular weight is 548 g/mol. The van der Waals surface area contributed by atoms with Crippen LogP contribution in [-0.2, 0) is 0 Å². The highest BCUT2D eigenvalue weighted by Gasteiger charge is 2.29. The Morgan fingerprint density at radius 2 is 1.48 bits per heavy atom. The second-order valence-electron chi connectivity index (χ2n) is 7.40. The van der Waals surface area contributed by atoms with E-state index in [4.69, 9.17) is 5.73 Å². The molecule has 160 valence electrons. The number of hydrogen-bond donors (Lipinski definition) is 3. The van der Waals surface area contributed by atoms with Crippen LogP contribution < -0.4 is 16.4 Å². The third-order valence-electron chi connectivity index (χ3n) is 5.29. The summed E-state index contributed by atoms with van der Waals surface area (Å²) in [6, 6.07) is 6.40. The van der Waals surface area contributed by atoms with Crippen LogP contribution in [0.15, 0.2) is 45.6 Å². The summed E-state index contributed by atoms with van der Waals surface area (Å²) < 4.78 is 1.36. The molecule has 3 aromatic heterocycles. The number of nitrogen functional groups attached to an aromatic ring is 1. The van der Waals surface area contributed by atoms with Crippen molar-refractivity contribution in [2.24, 2.45) is 0 Å². The van der Waals surface area contributed by atoms with Gasteiger partial charge in [-0.3, -0.25) is 14.6 Å². The first-order valence-corrected chi connectivity index (χ1v) is 11.4. The minimum absolute atomic E-state index is 0.198. The number of nitrogens with two attached hydrogens (primary N) is 1. The number of aromatic nitrogens is 3. The summed E-state index contributed by atoms with van der Waals surface area (Å²) in [5.74, 6) is -0.335. The molecule has 0 bridgehead atoms. The molecule has 2 atom stereocenters. The Morgan fingerprint density at radius 3 is 2.13 bits per heavy atom. The van der Waals surface area contributed by atoms with Crippen LogP contribution in [0.3, 0.4) is 0 Å². The molecule has 0 aliphatic heterocycles. The van der Waals surface area contributed by atoms with Gasteiger partial charge in [-0.05, 0) is 69.0 Å². The number of fused-ring (bicyclic) bond motifs is 1. The SMILES string of the molecule is Nc1nc(C(=O)N[C@@H]2CCCC[C@H]2NC(=O)c2ccc3cncc(Br)c3n2)ccc1Br. The zero-order chi connectivity index (χ0) is 22.0. The van der Waals surface area contributed by atoms with E-state index in [0.29, 0.717) is 15.7 Å². The molecule has 0 spiro atoms. The fraction of sp³-hybridized carbons (Fsp3) is 0.286. The lowest BCUT2D eigenvalue weighted by atomic mass is 9.90. The van der Waals surface area contributed by atoms with Gasteiger partial charge < -0.3 is 16.4 Å². The van der Waals surface area contributed by atoms with E-state index in [2.05, 4.69) is 57.4 Å². The van der Waals surface area contributed by atoms with Crippen LogP contribution in [0.4, 0.5) is 5.82 Å². The number of anilines is 1. The smallest absolute Gasteiger partial charge is 0.270 e. The second-order valence-corrected chi connectivity index (χ2v) is 9.11. The van der Waals surface area contributed by atoms with Crippen molar-refractivity contribution in [2.45, 2.75) is 37.8 Å². The van der Waals surface area contributed by atoms with E-state index in [1.807, 2.05) is 6.07 Å². The van der Waals surface area contributed by atoms with E-state index in [-0.39, 0.29) is 35.4 Å². The van der Waals surface area contributed by atoms with Crippen molar-refractivity contribution in [3.8, 4) is 0 Å². The number of pyridine rings is 3. The molecule has 0 radical (unpaired) electrons. The van der Waals surface area contributed by atoms with E-state index in [1.165, 1.54) is 0 Å². The predicted molar refractivity (Wildman–Crippen MR) is 125 cm³/mol. The van der Waals surface area contributed by atoms with Crippen LogP contribution in [0, 0.1) is 0 Å². The fourth-order valence-electron chi connectivity index (χ4n) is 3.68. The summed E-state index contributed by atoms with van der Waals surface area (Å²) in [7, 11) is 0. The topological polar surface area (TPSA) is 123 Å². The van der Waals surface area contributed by atoms with Gasteiger partial charge in [-0.15, -0.1) is 0 Å². The molecule has 8 nitrogen and oxygen atoms in total. The van der Waals surface area contributed by atoms with Crippen molar-refractivity contribution in [2.75, 3.05) is 5.73 Å². The maximum Gasteiger partial charge on any atom is 0.270 e. The Morgan fingerprint density at radius 1 is 0.871 bits per heavy atom. The van der Waals surface area contributed by atoms with E-state index in [1.54, 1.807) is 30.6 Å². The second kappa shape index (κ2) is 9.27. The van der Waals surface area contributed by atoms with Crippen LogP contribution >= 0.6 is 31.9 Å². The zero-order valence-electron chi connectivity index (χ0n) is 16.4. The molecular weight excluding hydrogens is 528 g/mol. The summed E-state index contributed by atoms with van der Waals surface area (Å²) >= 11 is 6.70. The maximum absolute atomic E-state index is 12.9. The van der Waals surface area contributed by atoms with Gasteiger partial charge in [-0.25, -0.2) is 9.97 Å². The summed E-state index contributed by atoms with van der Waals surface area (Å²) in [5.41, 5.74) is 7.02. The number of carbonyl (C=O) groups excluding carboxylic acids is 2. The number of carbonyl (C=O) groups is 2. The van der Waals surface area contributed by atoms with Crippen LogP contribution in [0.5, 0.6) is 0 Å². The molecule has 2 amide bonds. The lowest BCUT2D eigenvalue weighted by Gasteiger charge is -2.32. The highest BCUT2D eigenvalue weighted by atomic mass is 79.9. The highest BCUT2D eigenvalue weighted by molar-refractivity contribution is 9.11. The Hall–Kier alpha value is -2.59. The molecule has 1 fully saturated rings. The largest absolute Gasteiger partial charge is 0.383 e. The van der Waals surface area contributed by atoms with E-state index >= 15 is 0 Å². The van der Waals surface area contributed by atoms with Gasteiger partial charge in [0.1, 0.15) is 17.2 Å². The van der Waals surface area contributed by atoms with Gasteiger partial charge in [0, 0.05) is 29.9 Å². The number of rotatable bonds is 4. The van der Waals surface area contributed by atoms with Crippen molar-refractivity contribution in [1.82, 2.24) is 25.6 Å². The minimum atomic E-state index is -0.314. The Bertz CT molecular complexity index is 1160. The standard InChI is InChI=1S/C21H20Br2N6O2/c22-12-6-8-17(27-19(12)24)21(31)29-15-4-2-1-3-14(15)28-20(30)16-7-5-11-9-25-10-13(23)18(11)26-16/h5-10,14-15H,1-4H2,(H2,24,27)(H,28,30)(H,29,31)/t14-,15-/m1/s1. The lowest BCUT2D eigenvalue weighted by molar-refractivity contribution is 0.0858. The van der Waals surface area contributed by atoms with Crippen molar-refractivity contribution >= 4 is 60.4 Å². The highest BCUT2D eigenvalue weighted by Crippen LogP contribution is 2.23. The summed E-state index contributed by atoms with van der Waals surface area (Å²) in [6.07, 6.45) is 6.83. The van der Waals surface area contributed by atoms with Crippen LogP contribution in [-0.4, -0.2) is 38.8 Å². The van der Waals surface area contributed by atoms with Gasteiger partial charge >= 0.3 is 0 Å². The third kappa shape index (κ3) is 4.85. The van der Waals surface area contributed by atoms with Gasteiger partial charge in [-0.2, -0.15) is 0 Å². The molecular formula is C21H20Br2N6O2. The minimum Gasteiger partial charge on any atom is -0.383 e. The zero-order valence-corrected chi connectivity index (χ0v) is 19.6. The molecule has 1 aliphatic carbocycles. The van der Waals surface area contributed by atoms with Crippen molar-refractivity contribution in [1.29, 1.82) is 0 Å². The van der Waals surface area contributed by atoms with Crippen molar-refractivity contribution in [3.63, 3.8) is 0 Å². The predicted octanol–water partition coefficient (Wildman–Crippen LogP) is 3.60. The van der Waals surface area contributed by atoms with Crippen LogP contribution in [0.2, 0.25) is 0 Å². The summed E-state index contributed by atoms with van der Waals surface area (Å²) in [6.45, 7) is 0. The van der Waals surface area contributed by atoms with Gasteiger partial charge in [0.05, 0.1) is 14.5 Å². The van der Waals surface area contributed by atoms with Gasteiger partial charge in [0.2, 0.25) is 0 Å². The monoisotopic (exact) mass is 546 g/mol. The normalized spacial score (nSPS) is 18.5. The van der Waals surface area contributed by atoms with Gasteiger partial charge in [0.25, 0.3) is 11.8 Å². The molecule has 0 aromatic carbocycles. The molecule has 1 aliphatic rings. The number of nitrogens with zero attached hydrogens (tertiary/aromatic N) is 3. The molecule has 0 saturated heterocycles. The first-order chi connectivity index (χ1) is 14.9. The van der Waals surface area contributed by atoms with Gasteiger partial charge in [-0.1, -0.05) is 12.8 Å². The first kappa shape index (κ1) is 21.6. The molecule has 3 heterocycles. The summed E-state index contributed by atoms with van der Waals surface area (Å²) in [5, 5.41) is 6.89.